The summed E-state index contributed by atoms with van der Waals surface area (Å²) >= 11 is 0. The molecular weight excluding hydrogens is 314 g/mol. The standard InChI is InChI=1S/C21H19NO3/c1-25-18-7-8-19(15-5-10-21(24)17(11-15)13-22)16(12-18)6-9-20(23)14-3-2-4-14/h5-12,14,24H,2-4H2,1H3/b9-6+. The van der Waals surface area contributed by atoms with E-state index in [1.165, 1.54) is 6.07 Å². The summed E-state index contributed by atoms with van der Waals surface area (Å²) in [5, 5.41) is 18.8. The number of phenolic OH excluding ortho intramolecular Hbond substituents is 1. The molecule has 4 nitrogen and oxygen atoms in total. The molecule has 0 aliphatic heterocycles. The van der Waals surface area contributed by atoms with Crippen LogP contribution in [0.25, 0.3) is 17.2 Å². The lowest BCUT2D eigenvalue weighted by atomic mass is 9.82. The smallest absolute Gasteiger partial charge is 0.158 e. The molecule has 4 heteroatoms. The molecule has 1 aliphatic rings. The lowest BCUT2D eigenvalue weighted by molar-refractivity contribution is -0.120. The van der Waals surface area contributed by atoms with Gasteiger partial charge >= 0.3 is 0 Å². The minimum Gasteiger partial charge on any atom is -0.507 e. The van der Waals surface area contributed by atoms with Crippen molar-refractivity contribution >= 4 is 11.9 Å². The first-order valence-corrected chi connectivity index (χ1v) is 8.26. The number of ether oxygens (including phenoxy) is 1. The van der Waals surface area contributed by atoms with Crippen LogP contribution in [0.3, 0.4) is 0 Å². The predicted octanol–water partition coefficient (Wildman–Crippen LogP) is 4.32. The van der Waals surface area contributed by atoms with Crippen molar-refractivity contribution < 1.29 is 14.6 Å². The maximum atomic E-state index is 12.2. The van der Waals surface area contributed by atoms with Crippen LogP contribution in [-0.4, -0.2) is 18.0 Å². The zero-order valence-corrected chi connectivity index (χ0v) is 14.0. The molecular formula is C21H19NO3. The first-order valence-electron chi connectivity index (χ1n) is 8.26. The van der Waals surface area contributed by atoms with Crippen molar-refractivity contribution in [3.05, 3.63) is 53.6 Å². The van der Waals surface area contributed by atoms with Gasteiger partial charge in [0.2, 0.25) is 0 Å². The van der Waals surface area contributed by atoms with Crippen LogP contribution in [0.4, 0.5) is 0 Å². The molecule has 1 saturated carbocycles. The molecule has 0 saturated heterocycles. The molecule has 1 aliphatic carbocycles. The number of methoxy groups -OCH3 is 1. The average molecular weight is 333 g/mol. The molecule has 3 rings (SSSR count). The number of nitriles is 1. The lowest BCUT2D eigenvalue weighted by Crippen LogP contribution is -2.19. The SMILES string of the molecule is COc1ccc(-c2ccc(O)c(C#N)c2)c(/C=C/C(=O)C2CCC2)c1. The maximum Gasteiger partial charge on any atom is 0.158 e. The minimum atomic E-state index is -0.0444. The summed E-state index contributed by atoms with van der Waals surface area (Å²) < 4.78 is 5.29. The molecule has 0 heterocycles. The molecule has 0 amide bonds. The molecule has 1 fully saturated rings. The van der Waals surface area contributed by atoms with Crippen LogP contribution < -0.4 is 4.74 Å². The van der Waals surface area contributed by atoms with Crippen molar-refractivity contribution in [3.63, 3.8) is 0 Å². The highest BCUT2D eigenvalue weighted by Crippen LogP contribution is 2.32. The summed E-state index contributed by atoms with van der Waals surface area (Å²) in [6.07, 6.45) is 6.50. The van der Waals surface area contributed by atoms with E-state index in [0.717, 1.165) is 36.0 Å². The maximum absolute atomic E-state index is 12.2. The van der Waals surface area contributed by atoms with Gasteiger partial charge in [-0.3, -0.25) is 4.79 Å². The zero-order valence-electron chi connectivity index (χ0n) is 14.0. The molecule has 1 N–H and O–H groups in total. The van der Waals surface area contributed by atoms with Crippen LogP contribution in [0.1, 0.15) is 30.4 Å². The summed E-state index contributed by atoms with van der Waals surface area (Å²) in [6.45, 7) is 0. The number of hydrogen-bond acceptors (Lipinski definition) is 4. The molecule has 2 aromatic rings. The second-order valence-corrected chi connectivity index (χ2v) is 6.16. The Bertz CT molecular complexity index is 873. The molecule has 0 atom stereocenters. The second kappa shape index (κ2) is 7.23. The Kier molecular flexibility index (Phi) is 4.85. The van der Waals surface area contributed by atoms with E-state index in [-0.39, 0.29) is 23.0 Å². The van der Waals surface area contributed by atoms with E-state index in [0.29, 0.717) is 5.75 Å². The monoisotopic (exact) mass is 333 g/mol. The Morgan fingerprint density at radius 3 is 2.72 bits per heavy atom. The molecule has 25 heavy (non-hydrogen) atoms. The largest absolute Gasteiger partial charge is 0.507 e. The number of hydrogen-bond donors (Lipinski definition) is 1. The van der Waals surface area contributed by atoms with Crippen molar-refractivity contribution in [2.75, 3.05) is 7.11 Å². The average Bonchev–Trinajstić information content (AvgIpc) is 2.58. The highest BCUT2D eigenvalue weighted by atomic mass is 16.5. The van der Waals surface area contributed by atoms with E-state index in [2.05, 4.69) is 0 Å². The van der Waals surface area contributed by atoms with Crippen molar-refractivity contribution in [1.29, 1.82) is 5.26 Å². The highest BCUT2D eigenvalue weighted by Gasteiger charge is 2.23. The summed E-state index contributed by atoms with van der Waals surface area (Å²) in [6, 6.07) is 12.5. The fraction of sp³-hybridized carbons (Fsp3) is 0.238. The van der Waals surface area contributed by atoms with Crippen molar-refractivity contribution in [3.8, 4) is 28.7 Å². The van der Waals surface area contributed by atoms with E-state index in [1.807, 2.05) is 24.3 Å². The normalized spacial score (nSPS) is 14.1. The summed E-state index contributed by atoms with van der Waals surface area (Å²) in [5.74, 6) is 0.961. The van der Waals surface area contributed by atoms with Gasteiger partial charge in [-0.2, -0.15) is 5.26 Å². The molecule has 0 aromatic heterocycles. The topological polar surface area (TPSA) is 70.3 Å². The fourth-order valence-electron chi connectivity index (χ4n) is 2.86. The van der Waals surface area contributed by atoms with E-state index < -0.39 is 0 Å². The number of allylic oxidation sites excluding steroid dienone is 1. The van der Waals surface area contributed by atoms with Crippen LogP contribution in [0.2, 0.25) is 0 Å². The van der Waals surface area contributed by atoms with Gasteiger partial charge in [0.1, 0.15) is 17.6 Å². The Morgan fingerprint density at radius 2 is 2.08 bits per heavy atom. The highest BCUT2D eigenvalue weighted by molar-refractivity contribution is 5.97. The molecule has 0 unspecified atom stereocenters. The molecule has 2 aromatic carbocycles. The molecule has 0 radical (unpaired) electrons. The number of benzene rings is 2. The van der Waals surface area contributed by atoms with Crippen LogP contribution in [-0.2, 0) is 4.79 Å². The number of nitrogens with zero attached hydrogens (tertiary/aromatic N) is 1. The zero-order chi connectivity index (χ0) is 17.8. The van der Waals surface area contributed by atoms with E-state index >= 15 is 0 Å². The summed E-state index contributed by atoms with van der Waals surface area (Å²) in [5.41, 5.74) is 2.72. The van der Waals surface area contributed by atoms with Gasteiger partial charge in [-0.15, -0.1) is 0 Å². The number of phenols is 1. The Labute approximate surface area is 147 Å². The first-order chi connectivity index (χ1) is 12.1. The summed E-state index contributed by atoms with van der Waals surface area (Å²) in [4.78, 5) is 12.2. The molecule has 0 bridgehead atoms. The first kappa shape index (κ1) is 16.8. The van der Waals surface area contributed by atoms with Gasteiger partial charge in [0.25, 0.3) is 0 Å². The third-order valence-electron chi connectivity index (χ3n) is 4.62. The van der Waals surface area contributed by atoms with Gasteiger partial charge in [0.05, 0.1) is 12.7 Å². The van der Waals surface area contributed by atoms with Gasteiger partial charge in [-0.25, -0.2) is 0 Å². The van der Waals surface area contributed by atoms with E-state index in [9.17, 15) is 9.90 Å². The van der Waals surface area contributed by atoms with Gasteiger partial charge in [-0.05, 0) is 59.9 Å². The number of carbonyl (C=O) groups excluding carboxylic acids is 1. The minimum absolute atomic E-state index is 0.0444. The van der Waals surface area contributed by atoms with Crippen molar-refractivity contribution in [2.24, 2.45) is 5.92 Å². The van der Waals surface area contributed by atoms with Gasteiger partial charge in [0, 0.05) is 5.92 Å². The van der Waals surface area contributed by atoms with Gasteiger partial charge in [-0.1, -0.05) is 24.6 Å². The second-order valence-electron chi connectivity index (χ2n) is 6.16. The number of ketones is 1. The van der Waals surface area contributed by atoms with Crippen LogP contribution in [0.5, 0.6) is 11.5 Å². The van der Waals surface area contributed by atoms with Gasteiger partial charge in [0.15, 0.2) is 5.78 Å². The predicted molar refractivity (Wildman–Crippen MR) is 96.2 cm³/mol. The van der Waals surface area contributed by atoms with Crippen molar-refractivity contribution in [1.82, 2.24) is 0 Å². The van der Waals surface area contributed by atoms with E-state index in [4.69, 9.17) is 10.00 Å². The quantitative estimate of drug-likeness (QED) is 0.827. The number of carbonyl (C=O) groups is 1. The fourth-order valence-corrected chi connectivity index (χ4v) is 2.86. The van der Waals surface area contributed by atoms with Crippen LogP contribution >= 0.6 is 0 Å². The van der Waals surface area contributed by atoms with Crippen LogP contribution in [0.15, 0.2) is 42.5 Å². The molecule has 126 valence electrons. The lowest BCUT2D eigenvalue weighted by Gasteiger charge is -2.22. The van der Waals surface area contributed by atoms with Crippen molar-refractivity contribution in [2.45, 2.75) is 19.3 Å². The number of aromatic hydroxyl groups is 1. The van der Waals surface area contributed by atoms with Crippen LogP contribution in [0, 0.1) is 17.2 Å². The molecule has 0 spiro atoms. The Morgan fingerprint density at radius 1 is 1.28 bits per heavy atom. The Balaban J connectivity index is 2.00. The van der Waals surface area contributed by atoms with E-state index in [1.54, 1.807) is 31.4 Å². The Hall–Kier alpha value is -3.06. The third kappa shape index (κ3) is 3.56. The summed E-state index contributed by atoms with van der Waals surface area (Å²) in [7, 11) is 1.59. The third-order valence-corrected chi connectivity index (χ3v) is 4.62. The van der Waals surface area contributed by atoms with Gasteiger partial charge < -0.3 is 9.84 Å². The number of rotatable bonds is 5.